The lowest BCUT2D eigenvalue weighted by Crippen LogP contribution is -2.60. The Morgan fingerprint density at radius 2 is 2.00 bits per heavy atom. The van der Waals surface area contributed by atoms with E-state index in [0.29, 0.717) is 5.41 Å². The largest absolute Gasteiger partial charge is 0.381 e. The average molecular weight is 277 g/mol. The summed E-state index contributed by atoms with van der Waals surface area (Å²) in [6.45, 7) is 9.49. The number of carbonyl (C=O) groups is 1. The van der Waals surface area contributed by atoms with E-state index in [-0.39, 0.29) is 11.8 Å². The summed E-state index contributed by atoms with van der Waals surface area (Å²) in [5.41, 5.74) is 2.87. The SMILES string of the molecule is Cc1[nH]nc(C(C)C)c1C(=O)N1CC2(CCOCC2)C1. The van der Waals surface area contributed by atoms with Crippen molar-refractivity contribution in [1.82, 2.24) is 15.1 Å². The number of carbonyl (C=O) groups excluding carboxylic acids is 1. The Bertz CT molecular complexity index is 507. The van der Waals surface area contributed by atoms with Gasteiger partial charge in [0.25, 0.3) is 5.91 Å². The van der Waals surface area contributed by atoms with Crippen molar-refractivity contribution in [3.05, 3.63) is 17.0 Å². The number of H-pyrrole nitrogens is 1. The molecule has 0 radical (unpaired) electrons. The van der Waals surface area contributed by atoms with Crippen LogP contribution < -0.4 is 0 Å². The van der Waals surface area contributed by atoms with E-state index in [1.807, 2.05) is 11.8 Å². The third-order valence-corrected chi connectivity index (χ3v) is 4.63. The number of nitrogens with zero attached hydrogens (tertiary/aromatic N) is 2. The molecule has 2 fully saturated rings. The van der Waals surface area contributed by atoms with Crippen LogP contribution in [0.5, 0.6) is 0 Å². The second kappa shape index (κ2) is 4.88. The first-order valence-electron chi connectivity index (χ1n) is 7.44. The van der Waals surface area contributed by atoms with E-state index < -0.39 is 0 Å². The molecule has 110 valence electrons. The van der Waals surface area contributed by atoms with Crippen LogP contribution in [-0.4, -0.2) is 47.3 Å². The summed E-state index contributed by atoms with van der Waals surface area (Å²) in [6, 6.07) is 0. The number of hydrogen-bond acceptors (Lipinski definition) is 3. The van der Waals surface area contributed by atoms with Crippen LogP contribution in [0, 0.1) is 12.3 Å². The lowest BCUT2D eigenvalue weighted by Gasteiger charge is -2.52. The highest BCUT2D eigenvalue weighted by atomic mass is 16.5. The Morgan fingerprint density at radius 1 is 1.35 bits per heavy atom. The van der Waals surface area contributed by atoms with Crippen LogP contribution >= 0.6 is 0 Å². The van der Waals surface area contributed by atoms with Crippen molar-refractivity contribution in [2.24, 2.45) is 5.41 Å². The van der Waals surface area contributed by atoms with Crippen LogP contribution in [0.1, 0.15) is 54.4 Å². The van der Waals surface area contributed by atoms with Crippen molar-refractivity contribution in [1.29, 1.82) is 0 Å². The van der Waals surface area contributed by atoms with Crippen molar-refractivity contribution >= 4 is 5.91 Å². The van der Waals surface area contributed by atoms with E-state index in [4.69, 9.17) is 4.74 Å². The molecule has 2 saturated heterocycles. The second-order valence-corrected chi connectivity index (χ2v) is 6.54. The summed E-state index contributed by atoms with van der Waals surface area (Å²) in [4.78, 5) is 14.7. The van der Waals surface area contributed by atoms with Crippen LogP contribution in [0.3, 0.4) is 0 Å². The van der Waals surface area contributed by atoms with Crippen molar-refractivity contribution in [2.75, 3.05) is 26.3 Å². The number of aromatic amines is 1. The van der Waals surface area contributed by atoms with E-state index in [1.54, 1.807) is 0 Å². The molecule has 20 heavy (non-hydrogen) atoms. The lowest BCUT2D eigenvalue weighted by molar-refractivity contribution is -0.0667. The fraction of sp³-hybridized carbons (Fsp3) is 0.733. The summed E-state index contributed by atoms with van der Waals surface area (Å²) in [5, 5.41) is 7.24. The van der Waals surface area contributed by atoms with Gasteiger partial charge in [-0.15, -0.1) is 0 Å². The molecule has 5 heteroatoms. The van der Waals surface area contributed by atoms with Gasteiger partial charge in [-0.2, -0.15) is 5.10 Å². The molecule has 0 aliphatic carbocycles. The maximum Gasteiger partial charge on any atom is 0.257 e. The molecule has 0 aromatic carbocycles. The molecule has 3 rings (SSSR count). The highest BCUT2D eigenvalue weighted by Crippen LogP contribution is 2.40. The van der Waals surface area contributed by atoms with Gasteiger partial charge in [-0.05, 0) is 25.7 Å². The molecule has 0 saturated carbocycles. The van der Waals surface area contributed by atoms with Gasteiger partial charge in [-0.25, -0.2) is 0 Å². The first kappa shape index (κ1) is 13.6. The van der Waals surface area contributed by atoms with Crippen LogP contribution in [0.4, 0.5) is 0 Å². The number of rotatable bonds is 2. The van der Waals surface area contributed by atoms with Crippen molar-refractivity contribution in [2.45, 2.75) is 39.5 Å². The van der Waals surface area contributed by atoms with E-state index in [0.717, 1.165) is 56.1 Å². The minimum atomic E-state index is 0.136. The van der Waals surface area contributed by atoms with Gasteiger partial charge in [0.15, 0.2) is 0 Å². The van der Waals surface area contributed by atoms with E-state index in [9.17, 15) is 4.79 Å². The minimum Gasteiger partial charge on any atom is -0.381 e. The predicted molar refractivity (Wildman–Crippen MR) is 75.8 cm³/mol. The van der Waals surface area contributed by atoms with Crippen molar-refractivity contribution in [3.63, 3.8) is 0 Å². The van der Waals surface area contributed by atoms with Gasteiger partial charge < -0.3 is 9.64 Å². The van der Waals surface area contributed by atoms with Gasteiger partial charge in [-0.1, -0.05) is 13.8 Å². The zero-order valence-corrected chi connectivity index (χ0v) is 12.5. The van der Waals surface area contributed by atoms with E-state index >= 15 is 0 Å². The van der Waals surface area contributed by atoms with E-state index in [2.05, 4.69) is 24.0 Å². The van der Waals surface area contributed by atoms with Crippen molar-refractivity contribution in [3.8, 4) is 0 Å². The fourth-order valence-corrected chi connectivity index (χ4v) is 3.32. The third kappa shape index (κ3) is 2.14. The van der Waals surface area contributed by atoms with Gasteiger partial charge in [0.1, 0.15) is 0 Å². The molecule has 1 aromatic heterocycles. The molecule has 3 heterocycles. The molecule has 1 spiro atoms. The Kier molecular flexibility index (Phi) is 3.32. The smallest absolute Gasteiger partial charge is 0.257 e. The van der Waals surface area contributed by atoms with Crippen LogP contribution in [0.25, 0.3) is 0 Å². The molecule has 2 aliphatic heterocycles. The minimum absolute atomic E-state index is 0.136. The standard InChI is InChI=1S/C15H23N3O2/c1-10(2)13-12(11(3)16-17-13)14(19)18-8-15(9-18)4-6-20-7-5-15/h10H,4-9H2,1-3H3,(H,16,17). The Labute approximate surface area is 119 Å². The molecular formula is C15H23N3O2. The second-order valence-electron chi connectivity index (χ2n) is 6.54. The lowest BCUT2D eigenvalue weighted by atomic mass is 9.73. The fourth-order valence-electron chi connectivity index (χ4n) is 3.32. The van der Waals surface area contributed by atoms with Gasteiger partial charge in [0.05, 0.1) is 11.3 Å². The molecule has 1 aromatic rings. The maximum atomic E-state index is 12.7. The number of hydrogen-bond donors (Lipinski definition) is 1. The van der Waals surface area contributed by atoms with Gasteiger partial charge in [0, 0.05) is 37.4 Å². The van der Waals surface area contributed by atoms with Crippen LogP contribution in [0.15, 0.2) is 0 Å². The molecule has 0 bridgehead atoms. The summed E-state index contributed by atoms with van der Waals surface area (Å²) in [6.07, 6.45) is 2.16. The predicted octanol–water partition coefficient (Wildman–Crippen LogP) is 2.09. The monoisotopic (exact) mass is 277 g/mol. The number of aromatic nitrogens is 2. The number of ether oxygens (including phenoxy) is 1. The maximum absolute atomic E-state index is 12.7. The first-order chi connectivity index (χ1) is 9.52. The summed E-state index contributed by atoms with van der Waals surface area (Å²) in [7, 11) is 0. The molecule has 2 aliphatic rings. The molecule has 1 N–H and O–H groups in total. The average Bonchev–Trinajstić information content (AvgIpc) is 2.78. The Balaban J connectivity index is 1.73. The molecule has 0 atom stereocenters. The molecule has 5 nitrogen and oxygen atoms in total. The molecule has 0 unspecified atom stereocenters. The third-order valence-electron chi connectivity index (χ3n) is 4.63. The van der Waals surface area contributed by atoms with Crippen LogP contribution in [0.2, 0.25) is 0 Å². The zero-order valence-electron chi connectivity index (χ0n) is 12.5. The topological polar surface area (TPSA) is 58.2 Å². The number of amides is 1. The number of aryl methyl sites for hydroxylation is 1. The molecule has 1 amide bonds. The van der Waals surface area contributed by atoms with Gasteiger partial charge in [0.2, 0.25) is 0 Å². The van der Waals surface area contributed by atoms with Gasteiger partial charge >= 0.3 is 0 Å². The zero-order chi connectivity index (χ0) is 14.3. The van der Waals surface area contributed by atoms with Crippen LogP contribution in [-0.2, 0) is 4.74 Å². The Hall–Kier alpha value is -1.36. The number of likely N-dealkylation sites (tertiary alicyclic amines) is 1. The highest BCUT2D eigenvalue weighted by Gasteiger charge is 2.46. The summed E-state index contributed by atoms with van der Waals surface area (Å²) < 4.78 is 5.42. The summed E-state index contributed by atoms with van der Waals surface area (Å²) in [5.74, 6) is 0.397. The van der Waals surface area contributed by atoms with Gasteiger partial charge in [-0.3, -0.25) is 9.89 Å². The first-order valence-corrected chi connectivity index (χ1v) is 7.44. The quantitative estimate of drug-likeness (QED) is 0.900. The normalized spacial score (nSPS) is 21.3. The summed E-state index contributed by atoms with van der Waals surface area (Å²) >= 11 is 0. The Morgan fingerprint density at radius 3 is 2.60 bits per heavy atom. The van der Waals surface area contributed by atoms with E-state index in [1.165, 1.54) is 0 Å². The van der Waals surface area contributed by atoms with Crippen molar-refractivity contribution < 1.29 is 9.53 Å². The number of nitrogens with one attached hydrogen (secondary N) is 1. The molecular weight excluding hydrogens is 254 g/mol. The highest BCUT2D eigenvalue weighted by molar-refractivity contribution is 5.97.